The summed E-state index contributed by atoms with van der Waals surface area (Å²) in [5, 5.41) is 3.25. The second-order valence-corrected chi connectivity index (χ2v) is 4.00. The standard InChI is InChI=1S/C13H19NO2/c1-2-14-11-5-7-12(8-6-11)16-10-13-4-3-9-15-13/h5-8,13-14H,2-4,9-10H2,1H3. The first-order valence-electron chi connectivity index (χ1n) is 5.97. The van der Waals surface area contributed by atoms with Crippen LogP contribution in [0.3, 0.4) is 0 Å². The number of nitrogens with one attached hydrogen (secondary N) is 1. The third-order valence-electron chi connectivity index (χ3n) is 2.70. The molecule has 1 fully saturated rings. The molecule has 88 valence electrons. The van der Waals surface area contributed by atoms with Crippen LogP contribution in [0, 0.1) is 0 Å². The van der Waals surface area contributed by atoms with E-state index >= 15 is 0 Å². The van der Waals surface area contributed by atoms with E-state index in [0.29, 0.717) is 6.61 Å². The third-order valence-corrected chi connectivity index (χ3v) is 2.70. The molecule has 0 aromatic heterocycles. The topological polar surface area (TPSA) is 30.5 Å². The molecule has 0 aliphatic carbocycles. The van der Waals surface area contributed by atoms with Crippen molar-refractivity contribution in [3.8, 4) is 5.75 Å². The minimum atomic E-state index is 0.286. The molecular formula is C13H19NO2. The van der Waals surface area contributed by atoms with Crippen LogP contribution in [0.4, 0.5) is 5.69 Å². The number of rotatable bonds is 5. The average Bonchev–Trinajstić information content (AvgIpc) is 2.82. The summed E-state index contributed by atoms with van der Waals surface area (Å²) in [6, 6.07) is 8.06. The Morgan fingerprint density at radius 2 is 2.19 bits per heavy atom. The van der Waals surface area contributed by atoms with E-state index in [-0.39, 0.29) is 6.10 Å². The lowest BCUT2D eigenvalue weighted by Gasteiger charge is -2.11. The van der Waals surface area contributed by atoms with E-state index in [1.54, 1.807) is 0 Å². The van der Waals surface area contributed by atoms with Gasteiger partial charge in [0.1, 0.15) is 12.4 Å². The summed E-state index contributed by atoms with van der Waals surface area (Å²) in [7, 11) is 0. The molecule has 1 aliphatic heterocycles. The van der Waals surface area contributed by atoms with Crippen molar-refractivity contribution in [3.63, 3.8) is 0 Å². The van der Waals surface area contributed by atoms with Crippen LogP contribution >= 0.6 is 0 Å². The second kappa shape index (κ2) is 5.75. The highest BCUT2D eigenvalue weighted by Crippen LogP contribution is 2.18. The van der Waals surface area contributed by atoms with E-state index in [4.69, 9.17) is 9.47 Å². The summed E-state index contributed by atoms with van der Waals surface area (Å²) >= 11 is 0. The maximum absolute atomic E-state index is 5.67. The zero-order chi connectivity index (χ0) is 11.2. The number of anilines is 1. The Labute approximate surface area is 96.8 Å². The van der Waals surface area contributed by atoms with Crippen LogP contribution in [0.2, 0.25) is 0 Å². The van der Waals surface area contributed by atoms with Crippen molar-refractivity contribution in [1.29, 1.82) is 0 Å². The van der Waals surface area contributed by atoms with Crippen molar-refractivity contribution < 1.29 is 9.47 Å². The maximum atomic E-state index is 5.67. The fourth-order valence-electron chi connectivity index (χ4n) is 1.84. The Bertz CT molecular complexity index is 304. The van der Waals surface area contributed by atoms with E-state index in [1.807, 2.05) is 24.3 Å². The summed E-state index contributed by atoms with van der Waals surface area (Å²) in [5.41, 5.74) is 1.13. The summed E-state index contributed by atoms with van der Waals surface area (Å²) in [6.07, 6.45) is 2.57. The highest BCUT2D eigenvalue weighted by Gasteiger charge is 2.15. The Kier molecular flexibility index (Phi) is 4.05. The molecule has 1 N–H and O–H groups in total. The van der Waals surface area contributed by atoms with Crippen LogP contribution in [-0.2, 0) is 4.74 Å². The summed E-state index contributed by atoms with van der Waals surface area (Å²) in [6.45, 7) is 4.58. The molecule has 16 heavy (non-hydrogen) atoms. The van der Waals surface area contributed by atoms with Crippen molar-refractivity contribution in [1.82, 2.24) is 0 Å². The fourth-order valence-corrected chi connectivity index (χ4v) is 1.84. The van der Waals surface area contributed by atoms with Crippen LogP contribution in [0.5, 0.6) is 5.75 Å². The Hall–Kier alpha value is -1.22. The van der Waals surface area contributed by atoms with Gasteiger partial charge >= 0.3 is 0 Å². The maximum Gasteiger partial charge on any atom is 0.119 e. The van der Waals surface area contributed by atoms with Gasteiger partial charge in [0.25, 0.3) is 0 Å². The van der Waals surface area contributed by atoms with Crippen molar-refractivity contribution in [2.45, 2.75) is 25.9 Å². The lowest BCUT2D eigenvalue weighted by Crippen LogP contribution is -2.16. The van der Waals surface area contributed by atoms with Crippen LogP contribution in [0.1, 0.15) is 19.8 Å². The summed E-state index contributed by atoms with van der Waals surface area (Å²) in [5.74, 6) is 0.914. The van der Waals surface area contributed by atoms with Gasteiger partial charge < -0.3 is 14.8 Å². The molecule has 1 aliphatic rings. The van der Waals surface area contributed by atoms with Crippen molar-refractivity contribution >= 4 is 5.69 Å². The second-order valence-electron chi connectivity index (χ2n) is 4.00. The fraction of sp³-hybridized carbons (Fsp3) is 0.538. The van der Waals surface area contributed by atoms with E-state index in [0.717, 1.165) is 37.4 Å². The third kappa shape index (κ3) is 3.14. The SMILES string of the molecule is CCNc1ccc(OCC2CCCO2)cc1. The number of hydrogen-bond acceptors (Lipinski definition) is 3. The molecule has 2 rings (SSSR count). The van der Waals surface area contributed by atoms with Gasteiger partial charge in [0.2, 0.25) is 0 Å². The monoisotopic (exact) mass is 221 g/mol. The average molecular weight is 221 g/mol. The minimum absolute atomic E-state index is 0.286. The molecule has 1 saturated heterocycles. The number of hydrogen-bond donors (Lipinski definition) is 1. The van der Waals surface area contributed by atoms with Crippen LogP contribution in [-0.4, -0.2) is 25.9 Å². The van der Waals surface area contributed by atoms with Gasteiger partial charge in [-0.25, -0.2) is 0 Å². The summed E-state index contributed by atoms with van der Waals surface area (Å²) in [4.78, 5) is 0. The molecule has 0 saturated carbocycles. The largest absolute Gasteiger partial charge is 0.491 e. The Balaban J connectivity index is 1.80. The Morgan fingerprint density at radius 1 is 1.38 bits per heavy atom. The highest BCUT2D eigenvalue weighted by molar-refractivity contribution is 5.46. The van der Waals surface area contributed by atoms with Crippen molar-refractivity contribution in [3.05, 3.63) is 24.3 Å². The zero-order valence-corrected chi connectivity index (χ0v) is 9.74. The van der Waals surface area contributed by atoms with Gasteiger partial charge in [-0.15, -0.1) is 0 Å². The highest BCUT2D eigenvalue weighted by atomic mass is 16.5. The molecule has 0 bridgehead atoms. The smallest absolute Gasteiger partial charge is 0.119 e. The normalized spacial score (nSPS) is 19.7. The minimum Gasteiger partial charge on any atom is -0.491 e. The van der Waals surface area contributed by atoms with Gasteiger partial charge in [0.15, 0.2) is 0 Å². The van der Waals surface area contributed by atoms with E-state index in [9.17, 15) is 0 Å². The molecule has 3 heteroatoms. The van der Waals surface area contributed by atoms with E-state index < -0.39 is 0 Å². The molecule has 1 unspecified atom stereocenters. The molecule has 1 atom stereocenters. The molecule has 1 heterocycles. The van der Waals surface area contributed by atoms with Gasteiger partial charge in [-0.2, -0.15) is 0 Å². The molecule has 1 aromatic rings. The van der Waals surface area contributed by atoms with Gasteiger partial charge in [-0.3, -0.25) is 0 Å². The zero-order valence-electron chi connectivity index (χ0n) is 9.74. The van der Waals surface area contributed by atoms with E-state index in [1.165, 1.54) is 0 Å². The predicted octanol–water partition coefficient (Wildman–Crippen LogP) is 2.68. The quantitative estimate of drug-likeness (QED) is 0.829. The summed E-state index contributed by atoms with van der Waals surface area (Å²) < 4.78 is 11.2. The molecule has 1 aromatic carbocycles. The van der Waals surface area contributed by atoms with Crippen molar-refractivity contribution in [2.24, 2.45) is 0 Å². The van der Waals surface area contributed by atoms with Crippen LogP contribution in [0.25, 0.3) is 0 Å². The first kappa shape index (κ1) is 11.3. The van der Waals surface area contributed by atoms with E-state index in [2.05, 4.69) is 12.2 Å². The van der Waals surface area contributed by atoms with Crippen LogP contribution in [0.15, 0.2) is 24.3 Å². The number of benzene rings is 1. The first-order valence-corrected chi connectivity index (χ1v) is 5.97. The van der Waals surface area contributed by atoms with Crippen molar-refractivity contribution in [2.75, 3.05) is 25.1 Å². The van der Waals surface area contributed by atoms with Gasteiger partial charge in [0.05, 0.1) is 6.10 Å². The van der Waals surface area contributed by atoms with Crippen LogP contribution < -0.4 is 10.1 Å². The molecule has 3 nitrogen and oxygen atoms in total. The lowest BCUT2D eigenvalue weighted by molar-refractivity contribution is 0.0679. The van der Waals surface area contributed by atoms with Gasteiger partial charge in [0, 0.05) is 18.8 Å². The molecule has 0 radical (unpaired) electrons. The van der Waals surface area contributed by atoms with Gasteiger partial charge in [-0.1, -0.05) is 0 Å². The Morgan fingerprint density at radius 3 is 2.81 bits per heavy atom. The predicted molar refractivity (Wildman–Crippen MR) is 65.1 cm³/mol. The molecule has 0 amide bonds. The van der Waals surface area contributed by atoms with Gasteiger partial charge in [-0.05, 0) is 44.0 Å². The number of ether oxygens (including phenoxy) is 2. The molecular weight excluding hydrogens is 202 g/mol. The molecule has 0 spiro atoms. The first-order chi connectivity index (χ1) is 7.88. The lowest BCUT2D eigenvalue weighted by atomic mass is 10.2.